The summed E-state index contributed by atoms with van der Waals surface area (Å²) in [6.07, 6.45) is 32.9. The molecule has 19 heteroatoms. The summed E-state index contributed by atoms with van der Waals surface area (Å²) in [5.74, 6) is -1.18. The third kappa shape index (κ3) is 38.4. The average Bonchev–Trinajstić information content (AvgIpc) is 2.05. The van der Waals surface area contributed by atoms with Gasteiger partial charge in [-0.3, -0.25) is 18.9 Å². The van der Waals surface area contributed by atoms with Gasteiger partial charge in [-0.1, -0.05) is 220 Å². The molecule has 0 spiro atoms. The highest BCUT2D eigenvalue weighted by molar-refractivity contribution is 7.46. The summed E-state index contributed by atoms with van der Waals surface area (Å²) >= 11 is 0. The fourth-order valence-electron chi connectivity index (χ4n) is 11.5. The van der Waals surface area contributed by atoms with E-state index in [1.165, 1.54) is 84.2 Å². The number of hydrogen-bond donors (Lipinski definition) is 6. The number of aliphatic hydroxyl groups is 2. The van der Waals surface area contributed by atoms with Crippen LogP contribution in [0.2, 0.25) is 0 Å². The minimum atomic E-state index is -5.20. The molecule has 2 saturated heterocycles. The molecule has 0 aromatic rings. The van der Waals surface area contributed by atoms with Gasteiger partial charge >= 0.3 is 7.82 Å². The number of rotatable bonds is 57. The first kappa shape index (κ1) is 79.2. The predicted octanol–water partition coefficient (Wildman–Crippen LogP) is 13.5. The monoisotopic (exact) mass is 1230 g/mol. The lowest BCUT2D eigenvalue weighted by Crippen LogP contribution is -2.67. The number of ketones is 1. The van der Waals surface area contributed by atoms with Crippen molar-refractivity contribution in [1.29, 1.82) is 0 Å². The molecule has 2 fully saturated rings. The molecular formula is C66H125N2O16P. The van der Waals surface area contributed by atoms with Crippen molar-refractivity contribution in [3.63, 3.8) is 0 Å². The largest absolute Gasteiger partial charge is 0.470 e. The number of phosphoric acid groups is 1. The Balaban J connectivity index is 2.32. The highest BCUT2D eigenvalue weighted by Gasteiger charge is 2.52. The van der Waals surface area contributed by atoms with Crippen molar-refractivity contribution in [2.75, 3.05) is 40.6 Å². The summed E-state index contributed by atoms with van der Waals surface area (Å²) in [4.78, 5) is 61.1. The van der Waals surface area contributed by atoms with Gasteiger partial charge in [-0.2, -0.15) is 0 Å². The molecule has 0 aliphatic carbocycles. The molecule has 2 rings (SSSR count). The van der Waals surface area contributed by atoms with E-state index in [0.29, 0.717) is 25.7 Å². The molecule has 0 bridgehead atoms. The van der Waals surface area contributed by atoms with Gasteiger partial charge in [0.1, 0.15) is 54.5 Å². The Labute approximate surface area is 515 Å². The van der Waals surface area contributed by atoms with E-state index in [4.69, 9.17) is 37.7 Å². The second kappa shape index (κ2) is 51.8. The number of ether oxygens (including phenoxy) is 7. The van der Waals surface area contributed by atoms with Crippen LogP contribution in [0.15, 0.2) is 12.2 Å². The molecule has 2 amide bonds. The van der Waals surface area contributed by atoms with Crippen LogP contribution in [-0.2, 0) is 56.6 Å². The molecule has 18 nitrogen and oxygen atoms in total. The van der Waals surface area contributed by atoms with Gasteiger partial charge in [0.05, 0.1) is 25.7 Å². The lowest BCUT2D eigenvalue weighted by molar-refractivity contribution is -0.302. The smallest absolute Gasteiger partial charge is 0.388 e. The van der Waals surface area contributed by atoms with Gasteiger partial charge < -0.3 is 63.8 Å². The SMILES string of the molecule is CCCCCC/C=C/CCCCCCCCCC(=O)N[C@H]1[C@H](OC[C@H]2O[C@H](O)[C@H](NC(=O)CC(=O)CCCCCCCCCCC)[C@@H](OCCCCCCCCCC)[C@@H]2O)O[C@H](COC)[C@@H](OP(=O)(O)O)[C@@H]1OCC[C@@H](CCCCCCC)OC. The zero-order valence-electron chi connectivity index (χ0n) is 54.3. The Morgan fingerprint density at radius 2 is 0.988 bits per heavy atom. The molecule has 2 aliphatic heterocycles. The van der Waals surface area contributed by atoms with Crippen molar-refractivity contribution in [3.8, 4) is 0 Å². The highest BCUT2D eigenvalue weighted by atomic mass is 31.2. The van der Waals surface area contributed by atoms with Crippen molar-refractivity contribution < 1.29 is 76.6 Å². The minimum Gasteiger partial charge on any atom is -0.388 e. The number of methoxy groups -OCH3 is 2. The van der Waals surface area contributed by atoms with Gasteiger partial charge in [-0.25, -0.2) is 4.57 Å². The molecule has 0 aromatic heterocycles. The highest BCUT2D eigenvalue weighted by Crippen LogP contribution is 2.42. The average molecular weight is 1230 g/mol. The number of unbranched alkanes of at least 4 members (excludes halogenated alkanes) is 30. The zero-order valence-corrected chi connectivity index (χ0v) is 55.1. The fourth-order valence-corrected chi connectivity index (χ4v) is 12.1. The van der Waals surface area contributed by atoms with Crippen molar-refractivity contribution in [1.82, 2.24) is 10.6 Å². The van der Waals surface area contributed by atoms with Crippen LogP contribution >= 0.6 is 7.82 Å². The second-order valence-electron chi connectivity index (χ2n) is 24.3. The molecule has 11 atom stereocenters. The lowest BCUT2D eigenvalue weighted by Gasteiger charge is -2.47. The van der Waals surface area contributed by atoms with Gasteiger partial charge in [0, 0.05) is 40.3 Å². The van der Waals surface area contributed by atoms with Crippen LogP contribution < -0.4 is 10.6 Å². The second-order valence-corrected chi connectivity index (χ2v) is 25.4. The van der Waals surface area contributed by atoms with Crippen molar-refractivity contribution in [2.24, 2.45) is 0 Å². The Bertz CT molecular complexity index is 1710. The lowest BCUT2D eigenvalue weighted by atomic mass is 9.95. The van der Waals surface area contributed by atoms with Crippen LogP contribution in [0.1, 0.15) is 285 Å². The quantitative estimate of drug-likeness (QED) is 0.0143. The number of aliphatic hydroxyl groups excluding tert-OH is 2. The first-order chi connectivity index (χ1) is 41.2. The van der Waals surface area contributed by atoms with E-state index in [1.807, 2.05) is 0 Å². The molecular weight excluding hydrogens is 1110 g/mol. The number of phosphoric ester groups is 1. The van der Waals surface area contributed by atoms with Crippen LogP contribution in [0.25, 0.3) is 0 Å². The van der Waals surface area contributed by atoms with E-state index in [9.17, 15) is 38.9 Å². The van der Waals surface area contributed by atoms with Crippen LogP contribution in [0.4, 0.5) is 0 Å². The normalized spacial score (nSPS) is 23.2. The molecule has 2 heterocycles. The van der Waals surface area contributed by atoms with Crippen LogP contribution in [0, 0.1) is 0 Å². The van der Waals surface area contributed by atoms with E-state index in [-0.39, 0.29) is 56.9 Å². The summed E-state index contributed by atoms with van der Waals surface area (Å²) in [5.41, 5.74) is 0. The molecule has 0 unspecified atom stereocenters. The summed E-state index contributed by atoms with van der Waals surface area (Å²) < 4.78 is 61.3. The number of nitrogens with one attached hydrogen (secondary N) is 2. The van der Waals surface area contributed by atoms with E-state index >= 15 is 0 Å². The van der Waals surface area contributed by atoms with E-state index in [2.05, 4.69) is 50.5 Å². The van der Waals surface area contributed by atoms with E-state index < -0.39 is 81.6 Å². The number of Topliss-reactive ketones (excluding diaryl/α,β-unsaturated/α-hetero) is 1. The Morgan fingerprint density at radius 1 is 0.506 bits per heavy atom. The molecule has 2 aliphatic rings. The van der Waals surface area contributed by atoms with Gasteiger partial charge in [-0.15, -0.1) is 0 Å². The molecule has 85 heavy (non-hydrogen) atoms. The number of amides is 2. The third-order valence-corrected chi connectivity index (χ3v) is 17.1. The molecule has 0 radical (unpaired) electrons. The number of carbonyl (C=O) groups excluding carboxylic acids is 3. The molecule has 6 N–H and O–H groups in total. The van der Waals surface area contributed by atoms with Gasteiger partial charge in [0.15, 0.2) is 12.6 Å². The maximum atomic E-state index is 14.1. The fraction of sp³-hybridized carbons (Fsp3) is 0.924. The van der Waals surface area contributed by atoms with Crippen molar-refractivity contribution in [3.05, 3.63) is 12.2 Å². The third-order valence-electron chi connectivity index (χ3n) is 16.6. The summed E-state index contributed by atoms with van der Waals surface area (Å²) in [7, 11) is -2.15. The van der Waals surface area contributed by atoms with Gasteiger partial charge in [0.2, 0.25) is 11.8 Å². The Hall–Kier alpha value is -1.90. The minimum absolute atomic E-state index is 0.0692. The molecule has 500 valence electrons. The zero-order chi connectivity index (χ0) is 62.2. The van der Waals surface area contributed by atoms with Gasteiger partial charge in [-0.05, 0) is 57.8 Å². The number of carbonyl (C=O) groups is 3. The number of allylic oxidation sites excluding steroid dienone is 2. The van der Waals surface area contributed by atoms with E-state index in [1.54, 1.807) is 7.11 Å². The van der Waals surface area contributed by atoms with Crippen molar-refractivity contribution >= 4 is 25.4 Å². The van der Waals surface area contributed by atoms with Crippen molar-refractivity contribution in [2.45, 2.75) is 352 Å². The van der Waals surface area contributed by atoms with Gasteiger partial charge in [0.25, 0.3) is 0 Å². The maximum Gasteiger partial charge on any atom is 0.470 e. The summed E-state index contributed by atoms with van der Waals surface area (Å²) in [6, 6.07) is -2.44. The first-order valence-electron chi connectivity index (χ1n) is 34.3. The number of hydrogen-bond acceptors (Lipinski definition) is 14. The maximum absolute atomic E-state index is 14.1. The molecule has 0 saturated carbocycles. The topological polar surface area (TPSA) is 247 Å². The first-order valence-corrected chi connectivity index (χ1v) is 35.8. The Kier molecular flexibility index (Phi) is 48.3. The predicted molar refractivity (Wildman–Crippen MR) is 336 cm³/mol. The van der Waals surface area contributed by atoms with Crippen LogP contribution in [0.3, 0.4) is 0 Å². The van der Waals surface area contributed by atoms with Crippen LogP contribution in [-0.4, -0.2) is 146 Å². The standard InChI is InChI=1S/C66H125N2O16P/c1-7-11-15-19-22-25-26-27-28-29-30-32-34-38-42-46-57(70)67-60-64(80-49-47-54(78-6)45-41-36-18-14-10-4)62(84-85(74,75)76)56(51-77-5)83-66(60)81-52-55-61(72)63(79-48-43-39-35-24-21-17-13-9-3)59(65(73)82-55)68-58(71)50-53(69)44-40-37-33-31-23-20-16-12-8-2/h25-26,54-56,59-66,72-73H,7-24,27-52H2,1-6H3,(H,67,70)(H,68,71)(H2,74,75,76)/b26-25+/t54-,55-,56-,59-,60-,61-,62-,63-,64-,65+,66-/m1/s1. The van der Waals surface area contributed by atoms with E-state index in [0.717, 1.165) is 135 Å². The summed E-state index contributed by atoms with van der Waals surface area (Å²) in [6.45, 7) is 8.44. The van der Waals surface area contributed by atoms with Crippen LogP contribution in [0.5, 0.6) is 0 Å². The Morgan fingerprint density at radius 3 is 1.53 bits per heavy atom. The molecule has 0 aromatic carbocycles. The summed E-state index contributed by atoms with van der Waals surface area (Å²) in [5, 5.41) is 29.5.